The number of nitrogens with zero attached hydrogens (tertiary/aromatic N) is 5. The topological polar surface area (TPSA) is 77.6 Å². The summed E-state index contributed by atoms with van der Waals surface area (Å²) in [6, 6.07) is 2.50. The fraction of sp³-hybridized carbons (Fsp3) is 0.391. The zero-order chi connectivity index (χ0) is 23.3. The highest BCUT2D eigenvalue weighted by Crippen LogP contribution is 2.33. The normalized spacial score (nSPS) is 19.0. The molecule has 1 aromatic carbocycles. The lowest BCUT2D eigenvalue weighted by atomic mass is 9.98. The third kappa shape index (κ3) is 3.83. The minimum Gasteiger partial charge on any atom is -0.350 e. The number of hydrogen-bond acceptors (Lipinski definition) is 5. The van der Waals surface area contributed by atoms with Gasteiger partial charge in [0.15, 0.2) is 17.3 Å². The molecule has 2 aliphatic rings. The molecule has 0 spiro atoms. The highest BCUT2D eigenvalue weighted by Gasteiger charge is 2.33. The molecule has 3 aromatic rings. The molecule has 0 unspecified atom stereocenters. The van der Waals surface area contributed by atoms with Gasteiger partial charge in [0.05, 0.1) is 23.8 Å². The molecule has 33 heavy (non-hydrogen) atoms. The number of aryl methyl sites for hydroxylation is 1. The van der Waals surface area contributed by atoms with E-state index in [0.717, 1.165) is 30.4 Å². The van der Waals surface area contributed by atoms with E-state index in [2.05, 4.69) is 10.00 Å². The lowest BCUT2D eigenvalue weighted by Gasteiger charge is -2.34. The first-order valence-corrected chi connectivity index (χ1v) is 11.0. The van der Waals surface area contributed by atoms with Crippen molar-refractivity contribution in [1.29, 1.82) is 5.41 Å². The van der Waals surface area contributed by atoms with Crippen molar-refractivity contribution >= 4 is 23.1 Å². The van der Waals surface area contributed by atoms with Crippen LogP contribution in [-0.2, 0) is 0 Å². The molecule has 1 atom stereocenters. The zero-order valence-electron chi connectivity index (χ0n) is 18.1. The van der Waals surface area contributed by atoms with Crippen molar-refractivity contribution in [2.45, 2.75) is 38.6 Å². The van der Waals surface area contributed by atoms with Crippen molar-refractivity contribution in [2.24, 2.45) is 0 Å². The monoisotopic (exact) mass is 456 g/mol. The summed E-state index contributed by atoms with van der Waals surface area (Å²) in [6.07, 6.45) is 4.73. The first-order valence-electron chi connectivity index (χ1n) is 11.0. The second kappa shape index (κ2) is 8.17. The SMILES string of the molecule is Cc1cn2nc([C@@H]3CCCCN3C(=O)c3cc(F)cc(F)c3F)cc2nc1N1CCC(=N)C1. The summed E-state index contributed by atoms with van der Waals surface area (Å²) in [7, 11) is 0. The van der Waals surface area contributed by atoms with Crippen LogP contribution in [-0.4, -0.2) is 50.8 Å². The van der Waals surface area contributed by atoms with Crippen molar-refractivity contribution in [2.75, 3.05) is 24.5 Å². The standard InChI is InChI=1S/C23H23F3N6O/c1-13-11-32-20(28-22(13)30-7-5-15(27)12-30)10-18(29-32)19-4-2-3-6-31(19)23(33)16-8-14(24)9-17(25)21(16)26/h8-11,19,27H,2-7,12H2,1H3/t19-/m0/s1. The number of nitrogens with one attached hydrogen (secondary N) is 1. The predicted octanol–water partition coefficient (Wildman–Crippen LogP) is 4.05. The first-order chi connectivity index (χ1) is 15.8. The average molecular weight is 456 g/mol. The van der Waals surface area contributed by atoms with Gasteiger partial charge in [0.1, 0.15) is 11.6 Å². The highest BCUT2D eigenvalue weighted by atomic mass is 19.2. The van der Waals surface area contributed by atoms with E-state index in [0.29, 0.717) is 55.5 Å². The molecule has 0 bridgehead atoms. The molecule has 2 aliphatic heterocycles. The molecule has 2 saturated heterocycles. The molecule has 1 N–H and O–H groups in total. The Morgan fingerprint density at radius 3 is 2.73 bits per heavy atom. The van der Waals surface area contributed by atoms with Gasteiger partial charge in [-0.3, -0.25) is 4.79 Å². The molecule has 172 valence electrons. The van der Waals surface area contributed by atoms with E-state index < -0.39 is 35.0 Å². The van der Waals surface area contributed by atoms with Gasteiger partial charge in [0.25, 0.3) is 5.91 Å². The van der Waals surface area contributed by atoms with Gasteiger partial charge in [-0.1, -0.05) is 0 Å². The van der Waals surface area contributed by atoms with Crippen LogP contribution in [0.3, 0.4) is 0 Å². The van der Waals surface area contributed by atoms with Gasteiger partial charge in [0, 0.05) is 49.1 Å². The van der Waals surface area contributed by atoms with Crippen LogP contribution in [0.1, 0.15) is 53.3 Å². The van der Waals surface area contributed by atoms with Crippen LogP contribution in [0.15, 0.2) is 24.4 Å². The molecule has 1 amide bonds. The third-order valence-electron chi connectivity index (χ3n) is 6.32. The van der Waals surface area contributed by atoms with Gasteiger partial charge >= 0.3 is 0 Å². The van der Waals surface area contributed by atoms with Crippen molar-refractivity contribution < 1.29 is 18.0 Å². The molecule has 2 aromatic heterocycles. The maximum atomic E-state index is 14.3. The highest BCUT2D eigenvalue weighted by molar-refractivity contribution is 5.95. The van der Waals surface area contributed by atoms with Gasteiger partial charge in [-0.2, -0.15) is 5.10 Å². The summed E-state index contributed by atoms with van der Waals surface area (Å²) < 4.78 is 43.4. The van der Waals surface area contributed by atoms with E-state index in [1.54, 1.807) is 10.6 Å². The Balaban J connectivity index is 1.50. The van der Waals surface area contributed by atoms with Gasteiger partial charge in [-0.15, -0.1) is 0 Å². The van der Waals surface area contributed by atoms with E-state index in [-0.39, 0.29) is 0 Å². The maximum Gasteiger partial charge on any atom is 0.257 e. The Kier molecular flexibility index (Phi) is 5.30. The lowest BCUT2D eigenvalue weighted by molar-refractivity contribution is 0.0599. The van der Waals surface area contributed by atoms with Crippen LogP contribution in [0.25, 0.3) is 5.65 Å². The Morgan fingerprint density at radius 2 is 1.97 bits per heavy atom. The summed E-state index contributed by atoms with van der Waals surface area (Å²) in [4.78, 5) is 21.4. The van der Waals surface area contributed by atoms with Gasteiger partial charge in [-0.05, 0) is 32.3 Å². The van der Waals surface area contributed by atoms with Crippen molar-refractivity contribution in [3.8, 4) is 0 Å². The number of halogens is 3. The number of piperidine rings is 1. The summed E-state index contributed by atoms with van der Waals surface area (Å²) >= 11 is 0. The minimum atomic E-state index is -1.39. The van der Waals surface area contributed by atoms with Gasteiger partial charge in [0.2, 0.25) is 0 Å². The second-order valence-electron chi connectivity index (χ2n) is 8.65. The molecule has 5 rings (SSSR count). The van der Waals surface area contributed by atoms with E-state index in [1.807, 2.05) is 13.1 Å². The molecule has 0 saturated carbocycles. The summed E-state index contributed by atoms with van der Waals surface area (Å²) in [5.74, 6) is -3.69. The van der Waals surface area contributed by atoms with Crippen molar-refractivity contribution in [3.05, 3.63) is 58.7 Å². The van der Waals surface area contributed by atoms with Crippen LogP contribution in [0.4, 0.5) is 19.0 Å². The predicted molar refractivity (Wildman–Crippen MR) is 116 cm³/mol. The smallest absolute Gasteiger partial charge is 0.257 e. The Labute approximate surface area is 188 Å². The zero-order valence-corrected chi connectivity index (χ0v) is 18.1. The van der Waals surface area contributed by atoms with E-state index >= 15 is 0 Å². The molecular weight excluding hydrogens is 433 g/mol. The number of likely N-dealkylation sites (tertiary alicyclic amines) is 1. The van der Waals surface area contributed by atoms with Crippen LogP contribution >= 0.6 is 0 Å². The summed E-state index contributed by atoms with van der Waals surface area (Å²) in [5, 5.41) is 12.5. The lowest BCUT2D eigenvalue weighted by Crippen LogP contribution is -2.39. The molecule has 0 aliphatic carbocycles. The number of fused-ring (bicyclic) bond motifs is 1. The van der Waals surface area contributed by atoms with Crippen LogP contribution in [0.5, 0.6) is 0 Å². The van der Waals surface area contributed by atoms with Gasteiger partial charge < -0.3 is 15.2 Å². The Hall–Kier alpha value is -3.43. The molecule has 2 fully saturated rings. The molecular formula is C23H23F3N6O. The van der Waals surface area contributed by atoms with Crippen molar-refractivity contribution in [1.82, 2.24) is 19.5 Å². The number of anilines is 1. The molecule has 7 nitrogen and oxygen atoms in total. The van der Waals surface area contributed by atoms with E-state index in [4.69, 9.17) is 10.4 Å². The molecule has 4 heterocycles. The number of rotatable bonds is 3. The van der Waals surface area contributed by atoms with Gasteiger partial charge in [-0.25, -0.2) is 22.7 Å². The number of amides is 1. The first kappa shape index (κ1) is 21.4. The van der Waals surface area contributed by atoms with Crippen LogP contribution in [0.2, 0.25) is 0 Å². The summed E-state index contributed by atoms with van der Waals surface area (Å²) in [6.45, 7) is 3.56. The maximum absolute atomic E-state index is 14.3. The Morgan fingerprint density at radius 1 is 1.15 bits per heavy atom. The summed E-state index contributed by atoms with van der Waals surface area (Å²) in [5.41, 5.74) is 2.17. The largest absolute Gasteiger partial charge is 0.350 e. The number of hydrogen-bond donors (Lipinski definition) is 1. The van der Waals surface area contributed by atoms with E-state index in [9.17, 15) is 18.0 Å². The fourth-order valence-electron chi connectivity index (χ4n) is 4.69. The second-order valence-corrected chi connectivity index (χ2v) is 8.65. The molecule has 0 radical (unpaired) electrons. The average Bonchev–Trinajstić information content (AvgIpc) is 3.40. The van der Waals surface area contributed by atoms with Crippen molar-refractivity contribution in [3.63, 3.8) is 0 Å². The minimum absolute atomic E-state index is 0.336. The number of benzene rings is 1. The quantitative estimate of drug-likeness (QED) is 0.604. The number of carbonyl (C=O) groups is 1. The van der Waals surface area contributed by atoms with Crippen LogP contribution < -0.4 is 4.90 Å². The van der Waals surface area contributed by atoms with Crippen LogP contribution in [0, 0.1) is 29.8 Å². The number of carbonyl (C=O) groups excluding carboxylic acids is 1. The molecule has 10 heteroatoms. The third-order valence-corrected chi connectivity index (χ3v) is 6.32. The fourth-order valence-corrected chi connectivity index (χ4v) is 4.69. The Bertz CT molecular complexity index is 1270. The van der Waals surface area contributed by atoms with E-state index in [1.165, 1.54) is 4.90 Å². The number of aromatic nitrogens is 3.